The van der Waals surface area contributed by atoms with Crippen LogP contribution < -0.4 is 0 Å². The van der Waals surface area contributed by atoms with Crippen molar-refractivity contribution in [2.24, 2.45) is 0 Å². The summed E-state index contributed by atoms with van der Waals surface area (Å²) in [4.78, 5) is 38.2. The second-order valence-electron chi connectivity index (χ2n) is 23.1. The van der Waals surface area contributed by atoms with Crippen molar-refractivity contribution in [2.75, 3.05) is 13.2 Å². The smallest absolute Gasteiger partial charge is 0.306 e. The van der Waals surface area contributed by atoms with E-state index in [4.69, 9.17) is 14.2 Å². The Morgan fingerprint density at radius 1 is 0.273 bits per heavy atom. The molecule has 0 saturated carbocycles. The lowest BCUT2D eigenvalue weighted by Gasteiger charge is -2.18. The Morgan fingerprint density at radius 3 is 0.831 bits per heavy atom. The quantitative estimate of drug-likeness (QED) is 0.0261. The van der Waals surface area contributed by atoms with Crippen molar-refractivity contribution in [3.63, 3.8) is 0 Å². The molecule has 0 rings (SSSR count). The molecule has 0 aliphatic rings. The van der Waals surface area contributed by atoms with Gasteiger partial charge in [-0.2, -0.15) is 0 Å². The lowest BCUT2D eigenvalue weighted by Crippen LogP contribution is -2.30. The van der Waals surface area contributed by atoms with Crippen LogP contribution >= 0.6 is 0 Å². The average molecular weight is 1080 g/mol. The van der Waals surface area contributed by atoms with Crippen LogP contribution in [0.1, 0.15) is 367 Å². The predicted molar refractivity (Wildman–Crippen MR) is 335 cm³/mol. The number of carbonyl (C=O) groups excluding carboxylic acids is 3. The Balaban J connectivity index is 4.08. The second kappa shape index (κ2) is 65.9. The monoisotopic (exact) mass is 1080 g/mol. The first-order valence-electron chi connectivity index (χ1n) is 34.1. The fourth-order valence-electron chi connectivity index (χ4n) is 10.2. The first-order chi connectivity index (χ1) is 38.0. The lowest BCUT2D eigenvalue weighted by atomic mass is 10.0. The van der Waals surface area contributed by atoms with E-state index in [-0.39, 0.29) is 31.1 Å². The number of hydrogen-bond donors (Lipinski definition) is 0. The Hall–Kier alpha value is -2.63. The van der Waals surface area contributed by atoms with Crippen molar-refractivity contribution in [2.45, 2.75) is 374 Å². The van der Waals surface area contributed by atoms with Crippen LogP contribution in [0.15, 0.2) is 48.6 Å². The molecule has 6 heteroatoms. The van der Waals surface area contributed by atoms with Crippen LogP contribution in [0.2, 0.25) is 0 Å². The molecule has 0 bridgehead atoms. The molecule has 450 valence electrons. The maximum atomic E-state index is 12.9. The van der Waals surface area contributed by atoms with E-state index in [0.29, 0.717) is 19.3 Å². The first-order valence-corrected chi connectivity index (χ1v) is 34.1. The molecule has 0 fully saturated rings. The van der Waals surface area contributed by atoms with Gasteiger partial charge in [0.05, 0.1) is 0 Å². The Morgan fingerprint density at radius 2 is 0.506 bits per heavy atom. The molecule has 1 atom stereocenters. The number of allylic oxidation sites excluding steroid dienone is 8. The zero-order chi connectivity index (χ0) is 55.7. The third-order valence-corrected chi connectivity index (χ3v) is 15.3. The van der Waals surface area contributed by atoms with E-state index < -0.39 is 6.10 Å². The number of carbonyl (C=O) groups is 3. The second-order valence-corrected chi connectivity index (χ2v) is 23.1. The fraction of sp³-hybridized carbons (Fsp3) is 0.845. The maximum absolute atomic E-state index is 12.9. The summed E-state index contributed by atoms with van der Waals surface area (Å²) in [6.45, 7) is 6.53. The van der Waals surface area contributed by atoms with E-state index >= 15 is 0 Å². The molecule has 0 aromatic carbocycles. The van der Waals surface area contributed by atoms with E-state index in [1.165, 1.54) is 225 Å². The SMILES string of the molecule is CC/C=C\C/C=C\C/C=C\CCCCCCCC(=O)OC(COC(=O)CCCCCCC/C=C\CCCCC)COC(=O)CCCCCCCCCCCCCCCCCCCCCCCCCCCCCCCCCC. The van der Waals surface area contributed by atoms with Gasteiger partial charge in [-0.15, -0.1) is 0 Å². The zero-order valence-electron chi connectivity index (χ0n) is 51.7. The first kappa shape index (κ1) is 74.4. The van der Waals surface area contributed by atoms with E-state index in [0.717, 1.165) is 103 Å². The molecular formula is C71H130O6. The third kappa shape index (κ3) is 64.1. The summed E-state index contributed by atoms with van der Waals surface area (Å²) in [5, 5.41) is 0. The largest absolute Gasteiger partial charge is 0.462 e. The normalized spacial score (nSPS) is 12.3. The average Bonchev–Trinajstić information content (AvgIpc) is 3.43. The minimum Gasteiger partial charge on any atom is -0.462 e. The summed E-state index contributed by atoms with van der Waals surface area (Å²) in [6.07, 6.45) is 83.0. The number of unbranched alkanes of at least 4 members (excludes halogenated alkanes) is 44. The third-order valence-electron chi connectivity index (χ3n) is 15.3. The maximum Gasteiger partial charge on any atom is 0.306 e. The van der Waals surface area contributed by atoms with Crippen molar-refractivity contribution < 1.29 is 28.6 Å². The van der Waals surface area contributed by atoms with Gasteiger partial charge >= 0.3 is 17.9 Å². The van der Waals surface area contributed by atoms with Crippen molar-refractivity contribution in [3.05, 3.63) is 48.6 Å². The summed E-state index contributed by atoms with van der Waals surface area (Å²) in [5.74, 6) is -0.888. The summed E-state index contributed by atoms with van der Waals surface area (Å²) in [7, 11) is 0. The summed E-state index contributed by atoms with van der Waals surface area (Å²) >= 11 is 0. The Labute approximate surface area is 479 Å². The van der Waals surface area contributed by atoms with Crippen LogP contribution in [0.25, 0.3) is 0 Å². The summed E-state index contributed by atoms with van der Waals surface area (Å²) in [6, 6.07) is 0. The lowest BCUT2D eigenvalue weighted by molar-refractivity contribution is -0.167. The molecule has 0 N–H and O–H groups in total. The zero-order valence-corrected chi connectivity index (χ0v) is 51.7. The molecule has 77 heavy (non-hydrogen) atoms. The molecule has 0 heterocycles. The molecule has 0 spiro atoms. The molecule has 0 saturated heterocycles. The van der Waals surface area contributed by atoms with Crippen molar-refractivity contribution in [1.29, 1.82) is 0 Å². The van der Waals surface area contributed by atoms with Crippen LogP contribution in [0.3, 0.4) is 0 Å². The summed E-state index contributed by atoms with van der Waals surface area (Å²) < 4.78 is 16.9. The van der Waals surface area contributed by atoms with Gasteiger partial charge < -0.3 is 14.2 Å². The van der Waals surface area contributed by atoms with Gasteiger partial charge in [0.1, 0.15) is 13.2 Å². The number of rotatable bonds is 63. The van der Waals surface area contributed by atoms with Crippen LogP contribution in [-0.4, -0.2) is 37.2 Å². The van der Waals surface area contributed by atoms with E-state index in [9.17, 15) is 14.4 Å². The van der Waals surface area contributed by atoms with E-state index in [2.05, 4.69) is 69.4 Å². The highest BCUT2D eigenvalue weighted by molar-refractivity contribution is 5.71. The highest BCUT2D eigenvalue weighted by Crippen LogP contribution is 2.18. The van der Waals surface area contributed by atoms with Gasteiger partial charge in [-0.05, 0) is 77.0 Å². The van der Waals surface area contributed by atoms with Gasteiger partial charge in [0, 0.05) is 19.3 Å². The van der Waals surface area contributed by atoms with Crippen LogP contribution in [0.4, 0.5) is 0 Å². The molecule has 0 aromatic heterocycles. The topological polar surface area (TPSA) is 78.9 Å². The highest BCUT2D eigenvalue weighted by Gasteiger charge is 2.19. The predicted octanol–water partition coefficient (Wildman–Crippen LogP) is 23.3. The summed E-state index contributed by atoms with van der Waals surface area (Å²) in [5.41, 5.74) is 0. The molecule has 6 nitrogen and oxygen atoms in total. The fourth-order valence-corrected chi connectivity index (χ4v) is 10.2. The molecule has 0 radical (unpaired) electrons. The minimum absolute atomic E-state index is 0.0796. The molecule has 0 amide bonds. The number of esters is 3. The highest BCUT2D eigenvalue weighted by atomic mass is 16.6. The number of hydrogen-bond acceptors (Lipinski definition) is 6. The van der Waals surface area contributed by atoms with E-state index in [1.54, 1.807) is 0 Å². The minimum atomic E-state index is -0.784. The molecule has 1 unspecified atom stereocenters. The van der Waals surface area contributed by atoms with Crippen LogP contribution in [0, 0.1) is 0 Å². The van der Waals surface area contributed by atoms with Crippen molar-refractivity contribution in [3.8, 4) is 0 Å². The van der Waals surface area contributed by atoms with Crippen molar-refractivity contribution in [1.82, 2.24) is 0 Å². The van der Waals surface area contributed by atoms with Crippen LogP contribution in [0.5, 0.6) is 0 Å². The van der Waals surface area contributed by atoms with Crippen molar-refractivity contribution >= 4 is 17.9 Å². The van der Waals surface area contributed by atoms with Gasteiger partial charge in [0.25, 0.3) is 0 Å². The van der Waals surface area contributed by atoms with Gasteiger partial charge in [-0.3, -0.25) is 14.4 Å². The van der Waals surface area contributed by atoms with Gasteiger partial charge in [-0.1, -0.05) is 320 Å². The Kier molecular flexibility index (Phi) is 63.6. The van der Waals surface area contributed by atoms with Gasteiger partial charge in [0.15, 0.2) is 6.10 Å². The standard InChI is InChI=1S/C71H130O6/c1-4-7-10-13-16-19-22-25-27-28-29-30-31-32-33-34-35-36-37-38-39-40-41-42-43-45-46-49-52-55-58-61-64-70(73)76-67-68(66-75-69(72)63-60-57-54-51-48-24-21-18-15-12-9-6-3)77-71(74)65-62-59-56-53-50-47-44-26-23-20-17-14-11-8-5-2/h8,11,17-18,20-21,26,44,68H,4-7,9-10,12-16,19,22-25,27-43,45-67H2,1-3H3/b11-8-,20-17-,21-18-,44-26-. The molecule has 0 aliphatic carbocycles. The Bertz CT molecular complexity index is 1330. The molecule has 0 aromatic rings. The number of ether oxygens (including phenoxy) is 3. The molecular weight excluding hydrogens is 949 g/mol. The van der Waals surface area contributed by atoms with Gasteiger partial charge in [0.2, 0.25) is 0 Å². The molecule has 0 aliphatic heterocycles. The van der Waals surface area contributed by atoms with E-state index in [1.807, 2.05) is 0 Å². The van der Waals surface area contributed by atoms with Crippen LogP contribution in [-0.2, 0) is 28.6 Å². The van der Waals surface area contributed by atoms with Gasteiger partial charge in [-0.25, -0.2) is 0 Å².